The number of methoxy groups -OCH3 is 1. The average Bonchev–Trinajstić information content (AvgIpc) is 2.41. The molecule has 3 heteroatoms. The van der Waals surface area contributed by atoms with Gasteiger partial charge in [0.1, 0.15) is 5.75 Å². The molecule has 0 aromatic heterocycles. The molecule has 0 saturated carbocycles. The Bertz CT molecular complexity index is 419. The number of nitrogens with zero attached hydrogens (tertiary/aromatic N) is 1. The van der Waals surface area contributed by atoms with Crippen LogP contribution in [0, 0.1) is 5.92 Å². The maximum atomic E-state index is 5.71. The molecule has 2 N–H and O–H groups in total. The lowest BCUT2D eigenvalue weighted by Crippen LogP contribution is -2.39. The Hall–Kier alpha value is -1.06. The molecule has 3 nitrogen and oxygen atoms in total. The van der Waals surface area contributed by atoms with Crippen molar-refractivity contribution in [1.82, 2.24) is 4.90 Å². The van der Waals surface area contributed by atoms with Crippen LogP contribution in [0.3, 0.4) is 0 Å². The van der Waals surface area contributed by atoms with Gasteiger partial charge in [-0.2, -0.15) is 0 Å². The van der Waals surface area contributed by atoms with E-state index in [0.29, 0.717) is 12.6 Å². The van der Waals surface area contributed by atoms with Crippen molar-refractivity contribution in [2.24, 2.45) is 11.7 Å². The first-order valence-corrected chi connectivity index (χ1v) is 7.24. The first-order valence-electron chi connectivity index (χ1n) is 7.24. The maximum Gasteiger partial charge on any atom is 0.123 e. The summed E-state index contributed by atoms with van der Waals surface area (Å²) in [6.07, 6.45) is 2.61. The second-order valence-corrected chi connectivity index (χ2v) is 5.80. The minimum atomic E-state index is 0.529. The van der Waals surface area contributed by atoms with Crippen molar-refractivity contribution in [2.75, 3.05) is 13.7 Å². The molecular formula is C16H26N2O. The van der Waals surface area contributed by atoms with Gasteiger partial charge in [0.25, 0.3) is 0 Å². The molecule has 106 valence electrons. The van der Waals surface area contributed by atoms with E-state index < -0.39 is 0 Å². The van der Waals surface area contributed by atoms with E-state index in [9.17, 15) is 0 Å². The third-order valence-corrected chi connectivity index (χ3v) is 4.23. The molecule has 19 heavy (non-hydrogen) atoms. The molecule has 1 aliphatic rings. The molecule has 2 unspecified atom stereocenters. The summed E-state index contributed by atoms with van der Waals surface area (Å²) in [5.74, 6) is 1.78. The van der Waals surface area contributed by atoms with Gasteiger partial charge in [0, 0.05) is 24.7 Å². The number of ether oxygens (including phenoxy) is 1. The van der Waals surface area contributed by atoms with Crippen LogP contribution in [0.1, 0.15) is 37.8 Å². The molecule has 0 amide bonds. The summed E-state index contributed by atoms with van der Waals surface area (Å²) in [6, 6.07) is 7.07. The fourth-order valence-corrected chi connectivity index (χ4v) is 2.98. The van der Waals surface area contributed by atoms with Crippen LogP contribution in [0.5, 0.6) is 5.75 Å². The van der Waals surface area contributed by atoms with Gasteiger partial charge in [0.2, 0.25) is 0 Å². The van der Waals surface area contributed by atoms with Crippen molar-refractivity contribution in [3.63, 3.8) is 0 Å². The molecule has 0 bridgehead atoms. The summed E-state index contributed by atoms with van der Waals surface area (Å²) in [6.45, 7) is 7.42. The van der Waals surface area contributed by atoms with E-state index in [1.807, 2.05) is 0 Å². The molecule has 1 aromatic rings. The minimum Gasteiger partial charge on any atom is -0.496 e. The van der Waals surface area contributed by atoms with E-state index in [1.54, 1.807) is 7.11 Å². The first-order chi connectivity index (χ1) is 9.13. The Morgan fingerprint density at radius 2 is 2.16 bits per heavy atom. The molecular weight excluding hydrogens is 236 g/mol. The lowest BCUT2D eigenvalue weighted by atomic mass is 9.93. The number of piperidine rings is 1. The number of hydrogen-bond acceptors (Lipinski definition) is 3. The molecule has 1 aromatic carbocycles. The zero-order valence-electron chi connectivity index (χ0n) is 12.4. The van der Waals surface area contributed by atoms with Crippen molar-refractivity contribution >= 4 is 0 Å². The maximum absolute atomic E-state index is 5.71. The second kappa shape index (κ2) is 6.40. The Labute approximate surface area is 116 Å². The number of nitrogens with two attached hydrogens (primary N) is 1. The molecule has 0 spiro atoms. The summed E-state index contributed by atoms with van der Waals surface area (Å²) in [4.78, 5) is 2.57. The second-order valence-electron chi connectivity index (χ2n) is 5.80. The molecule has 0 aliphatic carbocycles. The molecule has 1 fully saturated rings. The molecule has 1 saturated heterocycles. The van der Waals surface area contributed by atoms with Gasteiger partial charge in [0.05, 0.1) is 7.11 Å². The van der Waals surface area contributed by atoms with Gasteiger partial charge in [-0.3, -0.25) is 4.90 Å². The minimum absolute atomic E-state index is 0.529. The van der Waals surface area contributed by atoms with Gasteiger partial charge in [-0.05, 0) is 43.9 Å². The summed E-state index contributed by atoms with van der Waals surface area (Å²) in [5.41, 5.74) is 8.10. The summed E-state index contributed by atoms with van der Waals surface area (Å²) in [7, 11) is 1.71. The van der Waals surface area contributed by atoms with E-state index in [-0.39, 0.29) is 0 Å². The van der Waals surface area contributed by atoms with Crippen LogP contribution >= 0.6 is 0 Å². The Balaban J connectivity index is 2.06. The van der Waals surface area contributed by atoms with E-state index in [0.717, 1.165) is 23.8 Å². The van der Waals surface area contributed by atoms with E-state index in [4.69, 9.17) is 10.5 Å². The van der Waals surface area contributed by atoms with Gasteiger partial charge in [-0.15, -0.1) is 0 Å². The lowest BCUT2D eigenvalue weighted by Gasteiger charge is -2.36. The Morgan fingerprint density at radius 3 is 2.79 bits per heavy atom. The third kappa shape index (κ3) is 3.48. The van der Waals surface area contributed by atoms with Gasteiger partial charge in [-0.1, -0.05) is 19.1 Å². The molecule has 1 aliphatic heterocycles. The fraction of sp³-hybridized carbons (Fsp3) is 0.625. The summed E-state index contributed by atoms with van der Waals surface area (Å²) < 4.78 is 5.41. The van der Waals surface area contributed by atoms with Gasteiger partial charge in [0.15, 0.2) is 0 Å². The monoisotopic (exact) mass is 262 g/mol. The van der Waals surface area contributed by atoms with Crippen molar-refractivity contribution in [2.45, 2.75) is 45.8 Å². The Kier molecular flexibility index (Phi) is 4.83. The number of benzene rings is 1. The highest BCUT2D eigenvalue weighted by Crippen LogP contribution is 2.26. The zero-order chi connectivity index (χ0) is 13.8. The molecule has 2 rings (SSSR count). The van der Waals surface area contributed by atoms with Gasteiger partial charge in [-0.25, -0.2) is 0 Å². The summed E-state index contributed by atoms with van der Waals surface area (Å²) >= 11 is 0. The van der Waals surface area contributed by atoms with E-state index in [2.05, 4.69) is 36.9 Å². The highest BCUT2D eigenvalue weighted by atomic mass is 16.5. The highest BCUT2D eigenvalue weighted by molar-refractivity contribution is 5.37. The van der Waals surface area contributed by atoms with Crippen molar-refractivity contribution in [3.05, 3.63) is 29.3 Å². The van der Waals surface area contributed by atoms with E-state index >= 15 is 0 Å². The number of hydrogen-bond donors (Lipinski definition) is 1. The smallest absolute Gasteiger partial charge is 0.123 e. The fourth-order valence-electron chi connectivity index (χ4n) is 2.98. The van der Waals surface area contributed by atoms with Crippen molar-refractivity contribution in [3.8, 4) is 5.75 Å². The Morgan fingerprint density at radius 1 is 1.37 bits per heavy atom. The summed E-state index contributed by atoms with van der Waals surface area (Å²) in [5, 5.41) is 0. The molecule has 1 heterocycles. The van der Waals surface area contributed by atoms with Gasteiger partial charge < -0.3 is 10.5 Å². The predicted octanol–water partition coefficient (Wildman–Crippen LogP) is 2.77. The topological polar surface area (TPSA) is 38.5 Å². The lowest BCUT2D eigenvalue weighted by molar-refractivity contribution is 0.122. The van der Waals surface area contributed by atoms with Crippen molar-refractivity contribution in [1.29, 1.82) is 0 Å². The normalized spacial score (nSPS) is 24.4. The van der Waals surface area contributed by atoms with Crippen LogP contribution < -0.4 is 10.5 Å². The number of likely N-dealkylation sites (tertiary alicyclic amines) is 1. The average molecular weight is 262 g/mol. The molecule has 0 radical (unpaired) electrons. The zero-order valence-corrected chi connectivity index (χ0v) is 12.4. The van der Waals surface area contributed by atoms with Crippen molar-refractivity contribution < 1.29 is 4.74 Å². The standard InChI is InChI=1S/C16H26N2O/c1-12-6-7-18(13(2)8-12)11-14-4-5-15(10-17)16(9-14)19-3/h4-5,9,12-13H,6-8,10-11,17H2,1-3H3. The predicted molar refractivity (Wildman–Crippen MR) is 79.2 cm³/mol. The quantitative estimate of drug-likeness (QED) is 0.907. The largest absolute Gasteiger partial charge is 0.496 e. The van der Waals surface area contributed by atoms with Crippen LogP contribution in [0.25, 0.3) is 0 Å². The highest BCUT2D eigenvalue weighted by Gasteiger charge is 2.22. The molecule has 2 atom stereocenters. The third-order valence-electron chi connectivity index (χ3n) is 4.23. The van der Waals surface area contributed by atoms with Crippen LogP contribution in [-0.4, -0.2) is 24.6 Å². The van der Waals surface area contributed by atoms with Crippen LogP contribution in [-0.2, 0) is 13.1 Å². The first kappa shape index (κ1) is 14.4. The SMILES string of the molecule is COc1cc(CN2CCC(C)CC2C)ccc1CN. The van der Waals surface area contributed by atoms with Crippen LogP contribution in [0.15, 0.2) is 18.2 Å². The number of rotatable bonds is 4. The van der Waals surface area contributed by atoms with Gasteiger partial charge >= 0.3 is 0 Å². The van der Waals surface area contributed by atoms with Crippen LogP contribution in [0.4, 0.5) is 0 Å². The van der Waals surface area contributed by atoms with E-state index in [1.165, 1.54) is 24.9 Å². The van der Waals surface area contributed by atoms with Crippen LogP contribution in [0.2, 0.25) is 0 Å².